The van der Waals surface area contributed by atoms with Gasteiger partial charge >= 0.3 is 0 Å². The summed E-state index contributed by atoms with van der Waals surface area (Å²) < 4.78 is 11.4. The highest BCUT2D eigenvalue weighted by molar-refractivity contribution is 6.31. The van der Waals surface area contributed by atoms with Gasteiger partial charge in [-0.15, -0.1) is 0 Å². The van der Waals surface area contributed by atoms with Gasteiger partial charge in [0.15, 0.2) is 0 Å². The summed E-state index contributed by atoms with van der Waals surface area (Å²) in [6.07, 6.45) is 15.3. The van der Waals surface area contributed by atoms with E-state index in [2.05, 4.69) is 30.5 Å². The summed E-state index contributed by atoms with van der Waals surface area (Å²) in [7, 11) is 1.68. The number of allylic oxidation sites excluding steroid dienone is 3. The zero-order valence-corrected chi connectivity index (χ0v) is 19.8. The van der Waals surface area contributed by atoms with Crippen molar-refractivity contribution in [1.29, 1.82) is 0 Å². The molecule has 4 nitrogen and oxygen atoms in total. The minimum absolute atomic E-state index is 0.0509. The molecule has 1 heterocycles. The monoisotopic (exact) mass is 442 g/mol. The molecule has 168 valence electrons. The van der Waals surface area contributed by atoms with Crippen molar-refractivity contribution in [2.24, 2.45) is 16.3 Å². The summed E-state index contributed by atoms with van der Waals surface area (Å²) in [5, 5.41) is 4.64. The molecular formula is C26H35ClN2O2. The van der Waals surface area contributed by atoms with Crippen molar-refractivity contribution in [3.05, 3.63) is 47.0 Å². The van der Waals surface area contributed by atoms with E-state index >= 15 is 0 Å². The van der Waals surface area contributed by atoms with Gasteiger partial charge in [-0.2, -0.15) is 0 Å². The molecule has 2 aliphatic carbocycles. The first-order chi connectivity index (χ1) is 15.0. The first kappa shape index (κ1) is 22.3. The minimum Gasteiger partial charge on any atom is -0.497 e. The van der Waals surface area contributed by atoms with Gasteiger partial charge in [-0.1, -0.05) is 62.8 Å². The number of halogens is 1. The zero-order chi connectivity index (χ0) is 21.8. The first-order valence-corrected chi connectivity index (χ1v) is 12.1. The van der Waals surface area contributed by atoms with Crippen LogP contribution in [0.25, 0.3) is 0 Å². The number of methoxy groups -OCH3 is 1. The van der Waals surface area contributed by atoms with E-state index in [0.717, 1.165) is 40.3 Å². The third kappa shape index (κ3) is 4.95. The Bertz CT molecular complexity index is 872. The van der Waals surface area contributed by atoms with Crippen LogP contribution in [-0.2, 0) is 0 Å². The third-order valence-corrected chi connectivity index (χ3v) is 7.34. The van der Waals surface area contributed by atoms with Crippen LogP contribution < -0.4 is 14.8 Å². The molecule has 0 saturated heterocycles. The van der Waals surface area contributed by atoms with Gasteiger partial charge in [0.1, 0.15) is 17.3 Å². The van der Waals surface area contributed by atoms with Gasteiger partial charge in [0.25, 0.3) is 0 Å². The van der Waals surface area contributed by atoms with E-state index in [9.17, 15) is 0 Å². The number of amidine groups is 1. The van der Waals surface area contributed by atoms with Gasteiger partial charge in [0, 0.05) is 16.5 Å². The molecule has 1 saturated carbocycles. The highest BCUT2D eigenvalue weighted by atomic mass is 35.5. The number of rotatable bonds is 7. The van der Waals surface area contributed by atoms with Crippen LogP contribution in [0.1, 0.15) is 64.4 Å². The van der Waals surface area contributed by atoms with Gasteiger partial charge in [-0.3, -0.25) is 4.99 Å². The van der Waals surface area contributed by atoms with Crippen molar-refractivity contribution in [3.63, 3.8) is 0 Å². The Kier molecular flexibility index (Phi) is 6.95. The second kappa shape index (κ2) is 9.68. The lowest BCUT2D eigenvalue weighted by molar-refractivity contribution is 0.244. The highest BCUT2D eigenvalue weighted by Gasteiger charge is 2.43. The lowest BCUT2D eigenvalue weighted by Gasteiger charge is -2.37. The number of nitrogens with zero attached hydrogens (tertiary/aromatic N) is 1. The fourth-order valence-corrected chi connectivity index (χ4v) is 5.43. The molecule has 0 amide bonds. The predicted octanol–water partition coefficient (Wildman–Crippen LogP) is 6.24. The predicted molar refractivity (Wildman–Crippen MR) is 128 cm³/mol. The lowest BCUT2D eigenvalue weighted by atomic mass is 9.72. The van der Waals surface area contributed by atoms with Gasteiger partial charge in [-0.25, -0.2) is 0 Å². The fraction of sp³-hybridized carbons (Fsp3) is 0.577. The Morgan fingerprint density at radius 1 is 1.23 bits per heavy atom. The van der Waals surface area contributed by atoms with Crippen LogP contribution in [0.15, 0.2) is 46.5 Å². The molecule has 1 N–H and O–H groups in total. The number of ether oxygens (including phenoxy) is 2. The maximum Gasteiger partial charge on any atom is 0.133 e. The van der Waals surface area contributed by atoms with Crippen molar-refractivity contribution < 1.29 is 9.47 Å². The zero-order valence-electron chi connectivity index (χ0n) is 19.0. The van der Waals surface area contributed by atoms with Crippen molar-refractivity contribution in [3.8, 4) is 11.5 Å². The SMILES string of the molecule is CCOc1cc(OC)ccc1C1=N[C@@H](C2(C)C=CC(Cl)=CC2)[C@@H](CC2CCCCC2)N1. The van der Waals surface area contributed by atoms with E-state index in [-0.39, 0.29) is 11.5 Å². The molecule has 0 aromatic heterocycles. The standard InChI is InChI=1S/C26H35ClN2O2/c1-4-31-23-17-20(30-3)10-11-21(23)25-28-22(16-18-8-6-5-7-9-18)24(29-25)26(2)14-12-19(27)13-15-26/h10-14,17-18,22,24H,4-9,15-16H2,1-3H3,(H,28,29)/t22-,24-,26?/m1/s1. The minimum atomic E-state index is -0.0509. The average Bonchev–Trinajstić information content (AvgIpc) is 3.21. The summed E-state index contributed by atoms with van der Waals surface area (Å²) in [5.74, 6) is 3.33. The van der Waals surface area contributed by atoms with Gasteiger partial charge in [-0.05, 0) is 43.9 Å². The van der Waals surface area contributed by atoms with E-state index in [1.807, 2.05) is 25.1 Å². The summed E-state index contributed by atoms with van der Waals surface area (Å²) >= 11 is 6.25. The van der Waals surface area contributed by atoms with Gasteiger partial charge in [0.2, 0.25) is 0 Å². The second-order valence-electron chi connectivity index (χ2n) is 9.34. The largest absolute Gasteiger partial charge is 0.497 e. The Morgan fingerprint density at radius 3 is 2.71 bits per heavy atom. The fourth-order valence-electron chi connectivity index (χ4n) is 5.29. The maximum absolute atomic E-state index is 6.25. The molecule has 0 radical (unpaired) electrons. The molecule has 0 bridgehead atoms. The smallest absolute Gasteiger partial charge is 0.133 e. The van der Waals surface area contributed by atoms with Crippen LogP contribution >= 0.6 is 11.6 Å². The van der Waals surface area contributed by atoms with Crippen molar-refractivity contribution in [2.75, 3.05) is 13.7 Å². The summed E-state index contributed by atoms with van der Waals surface area (Å²) in [6, 6.07) is 6.48. The van der Waals surface area contributed by atoms with Crippen LogP contribution in [0.4, 0.5) is 0 Å². The molecule has 0 spiro atoms. The summed E-state index contributed by atoms with van der Waals surface area (Å²) in [6.45, 7) is 4.92. The highest BCUT2D eigenvalue weighted by Crippen LogP contribution is 2.42. The average molecular weight is 443 g/mol. The first-order valence-electron chi connectivity index (χ1n) is 11.7. The van der Waals surface area contributed by atoms with E-state index in [4.69, 9.17) is 26.1 Å². The molecule has 1 unspecified atom stereocenters. The van der Waals surface area contributed by atoms with Crippen LogP contribution in [0.2, 0.25) is 0 Å². The Labute approximate surface area is 191 Å². The van der Waals surface area contributed by atoms with Crippen LogP contribution in [-0.4, -0.2) is 31.6 Å². The molecule has 1 aliphatic heterocycles. The topological polar surface area (TPSA) is 42.9 Å². The summed E-state index contributed by atoms with van der Waals surface area (Å²) in [4.78, 5) is 5.29. The quantitative estimate of drug-likeness (QED) is 0.543. The van der Waals surface area contributed by atoms with E-state index in [1.54, 1.807) is 7.11 Å². The molecule has 4 rings (SSSR count). The van der Waals surface area contributed by atoms with E-state index in [0.29, 0.717) is 12.6 Å². The van der Waals surface area contributed by atoms with Crippen LogP contribution in [0, 0.1) is 11.3 Å². The van der Waals surface area contributed by atoms with Gasteiger partial charge in [0.05, 0.1) is 31.4 Å². The number of hydrogen-bond donors (Lipinski definition) is 1. The third-order valence-electron chi connectivity index (χ3n) is 7.06. The number of benzene rings is 1. The molecule has 1 aromatic carbocycles. The molecule has 3 aliphatic rings. The number of aliphatic imine (C=N–C) groups is 1. The van der Waals surface area contributed by atoms with Crippen LogP contribution in [0.5, 0.6) is 11.5 Å². The Hall–Kier alpha value is -1.94. The van der Waals surface area contributed by atoms with Crippen molar-refractivity contribution in [1.82, 2.24) is 5.32 Å². The Balaban J connectivity index is 1.65. The van der Waals surface area contributed by atoms with Gasteiger partial charge < -0.3 is 14.8 Å². The molecule has 5 heteroatoms. The van der Waals surface area contributed by atoms with Crippen LogP contribution in [0.3, 0.4) is 0 Å². The molecule has 1 fully saturated rings. The summed E-state index contributed by atoms with van der Waals surface area (Å²) in [5.41, 5.74) is 0.959. The molecular weight excluding hydrogens is 408 g/mol. The molecule has 3 atom stereocenters. The van der Waals surface area contributed by atoms with E-state index < -0.39 is 0 Å². The normalized spacial score (nSPS) is 28.6. The number of nitrogens with one attached hydrogen (secondary N) is 1. The lowest BCUT2D eigenvalue weighted by Crippen LogP contribution is -2.44. The number of hydrogen-bond acceptors (Lipinski definition) is 4. The Morgan fingerprint density at radius 2 is 2.03 bits per heavy atom. The van der Waals surface area contributed by atoms with Crippen molar-refractivity contribution in [2.45, 2.75) is 70.9 Å². The van der Waals surface area contributed by atoms with Crippen molar-refractivity contribution >= 4 is 17.4 Å². The molecule has 1 aromatic rings. The second-order valence-corrected chi connectivity index (χ2v) is 9.78. The van der Waals surface area contributed by atoms with E-state index in [1.165, 1.54) is 38.5 Å². The maximum atomic E-state index is 6.25. The molecule has 31 heavy (non-hydrogen) atoms.